The maximum atomic E-state index is 13.4. The van der Waals surface area contributed by atoms with Gasteiger partial charge in [0.25, 0.3) is 0 Å². The Morgan fingerprint density at radius 3 is 2.07 bits per heavy atom. The molecule has 1 unspecified atom stereocenters. The van der Waals surface area contributed by atoms with Crippen molar-refractivity contribution in [3.63, 3.8) is 0 Å². The largest absolute Gasteiger partial charge is 0.442 e. The van der Waals surface area contributed by atoms with Gasteiger partial charge in [-0.3, -0.25) is 4.79 Å². The van der Waals surface area contributed by atoms with Gasteiger partial charge >= 0.3 is 13.8 Å². The van der Waals surface area contributed by atoms with Crippen LogP contribution >= 0.6 is 7.60 Å². The topological polar surface area (TPSA) is 122 Å². The first-order valence-electron chi connectivity index (χ1n) is 12.4. The zero-order chi connectivity index (χ0) is 29.5. The van der Waals surface area contributed by atoms with Crippen LogP contribution in [0.25, 0.3) is 0 Å². The molecule has 0 spiro atoms. The van der Waals surface area contributed by atoms with Crippen molar-refractivity contribution in [1.82, 2.24) is 4.72 Å². The molecule has 41 heavy (non-hydrogen) atoms. The van der Waals surface area contributed by atoms with Gasteiger partial charge in [0.2, 0.25) is 15.9 Å². The van der Waals surface area contributed by atoms with E-state index in [1.165, 1.54) is 36.4 Å². The number of halogens is 2. The molecule has 0 aliphatic heterocycles. The van der Waals surface area contributed by atoms with Crippen LogP contribution in [0.3, 0.4) is 0 Å². The highest BCUT2D eigenvalue weighted by Crippen LogP contribution is 2.48. The molecule has 214 valence electrons. The minimum atomic E-state index is -5.16. The molecule has 3 N–H and O–H groups in total. The third-order valence-corrected chi connectivity index (χ3v) is 8.41. The number of anilines is 1. The van der Waals surface area contributed by atoms with E-state index in [1.807, 2.05) is 36.4 Å². The van der Waals surface area contributed by atoms with Crippen molar-refractivity contribution in [3.05, 3.63) is 126 Å². The SMILES string of the molecule is O=C(Nc1cccc(Cc2ccccc2)c1)[C@H](Cc1ccc(OP(=O)(O)C(F)F)cc1)NS(=O)(=O)c1ccccc1. The number of nitrogens with one attached hydrogen (secondary N) is 2. The van der Waals surface area contributed by atoms with Gasteiger partial charge in [0.05, 0.1) is 4.90 Å². The van der Waals surface area contributed by atoms with E-state index >= 15 is 0 Å². The zero-order valence-corrected chi connectivity index (χ0v) is 23.3. The first-order valence-corrected chi connectivity index (χ1v) is 15.5. The summed E-state index contributed by atoms with van der Waals surface area (Å²) in [5.74, 6) is -0.903. The van der Waals surface area contributed by atoms with Gasteiger partial charge in [-0.1, -0.05) is 72.8 Å². The van der Waals surface area contributed by atoms with Gasteiger partial charge in [0.15, 0.2) is 0 Å². The Bertz CT molecular complexity index is 1620. The van der Waals surface area contributed by atoms with Gasteiger partial charge < -0.3 is 14.7 Å². The third-order valence-electron chi connectivity index (χ3n) is 5.96. The van der Waals surface area contributed by atoms with Gasteiger partial charge in [-0.2, -0.15) is 13.5 Å². The molecule has 4 aromatic rings. The van der Waals surface area contributed by atoms with Crippen LogP contribution < -0.4 is 14.6 Å². The molecule has 4 rings (SSSR count). The van der Waals surface area contributed by atoms with Crippen LogP contribution in [0.4, 0.5) is 14.5 Å². The van der Waals surface area contributed by atoms with E-state index in [-0.39, 0.29) is 17.1 Å². The lowest BCUT2D eigenvalue weighted by molar-refractivity contribution is -0.117. The fourth-order valence-corrected chi connectivity index (χ4v) is 5.70. The third kappa shape index (κ3) is 8.55. The Hall–Kier alpha value is -3.89. The number of amides is 1. The molecule has 0 aromatic heterocycles. The second-order valence-corrected chi connectivity index (χ2v) is 12.5. The molecule has 0 bridgehead atoms. The van der Waals surface area contributed by atoms with Crippen molar-refractivity contribution in [2.24, 2.45) is 0 Å². The van der Waals surface area contributed by atoms with E-state index in [9.17, 15) is 31.5 Å². The predicted octanol–water partition coefficient (Wildman–Crippen LogP) is 5.59. The number of sulfonamides is 1. The highest BCUT2D eigenvalue weighted by Gasteiger charge is 2.34. The fourth-order valence-electron chi connectivity index (χ4n) is 3.98. The van der Waals surface area contributed by atoms with Crippen molar-refractivity contribution in [3.8, 4) is 5.75 Å². The van der Waals surface area contributed by atoms with Gasteiger partial charge in [-0.05, 0) is 65.9 Å². The smallest absolute Gasteiger partial charge is 0.421 e. The summed E-state index contributed by atoms with van der Waals surface area (Å²) in [6, 6.07) is 28.4. The Labute approximate surface area is 236 Å². The van der Waals surface area contributed by atoms with Crippen molar-refractivity contribution in [2.45, 2.75) is 29.9 Å². The molecule has 0 saturated carbocycles. The molecular weight excluding hydrogens is 573 g/mol. The zero-order valence-electron chi connectivity index (χ0n) is 21.6. The summed E-state index contributed by atoms with van der Waals surface area (Å²) in [7, 11) is -9.26. The molecule has 0 fully saturated rings. The summed E-state index contributed by atoms with van der Waals surface area (Å²) in [6.45, 7) is 0. The fraction of sp³-hybridized carbons (Fsp3) is 0.138. The van der Waals surface area contributed by atoms with Crippen LogP contribution in [0.5, 0.6) is 5.75 Å². The van der Waals surface area contributed by atoms with Crippen LogP contribution in [0.1, 0.15) is 16.7 Å². The Morgan fingerprint density at radius 1 is 0.829 bits per heavy atom. The molecular formula is C29H27F2N2O6PS. The van der Waals surface area contributed by atoms with E-state index < -0.39 is 35.7 Å². The van der Waals surface area contributed by atoms with Crippen molar-refractivity contribution < 1.29 is 36.0 Å². The molecule has 0 heterocycles. The normalized spacial score (nSPS) is 13.8. The number of carbonyl (C=O) groups excluding carboxylic acids is 1. The van der Waals surface area contributed by atoms with E-state index in [1.54, 1.807) is 36.4 Å². The average molecular weight is 601 g/mol. The highest BCUT2D eigenvalue weighted by atomic mass is 32.2. The van der Waals surface area contributed by atoms with Gasteiger partial charge in [-0.15, -0.1) is 0 Å². The second-order valence-electron chi connectivity index (χ2n) is 9.12. The van der Waals surface area contributed by atoms with Crippen molar-refractivity contribution in [1.29, 1.82) is 0 Å². The summed E-state index contributed by atoms with van der Waals surface area (Å²) in [5.41, 5.74) is 2.94. The second kappa shape index (κ2) is 13.2. The molecule has 12 heteroatoms. The van der Waals surface area contributed by atoms with Crippen molar-refractivity contribution >= 4 is 29.2 Å². The van der Waals surface area contributed by atoms with Crippen LogP contribution in [0, 0.1) is 0 Å². The number of rotatable bonds is 12. The van der Waals surface area contributed by atoms with E-state index in [0.717, 1.165) is 11.1 Å². The van der Waals surface area contributed by atoms with Gasteiger partial charge in [0.1, 0.15) is 11.8 Å². The Kier molecular flexibility index (Phi) is 9.67. The molecule has 0 radical (unpaired) electrons. The lowest BCUT2D eigenvalue weighted by atomic mass is 10.0. The number of hydrogen-bond acceptors (Lipinski definition) is 5. The summed E-state index contributed by atoms with van der Waals surface area (Å²) >= 11 is 0. The monoisotopic (exact) mass is 600 g/mol. The van der Waals surface area contributed by atoms with Crippen molar-refractivity contribution in [2.75, 3.05) is 5.32 Å². The van der Waals surface area contributed by atoms with Crippen LogP contribution in [0.2, 0.25) is 0 Å². The summed E-state index contributed by atoms with van der Waals surface area (Å²) in [4.78, 5) is 22.6. The number of alkyl halides is 2. The standard InChI is InChI=1S/C29H27F2N2O6PS/c30-29(31)40(35,36)39-25-16-14-22(15-17-25)20-27(33-41(37,38)26-12-5-2-6-13-26)28(34)32-24-11-7-10-23(19-24)18-21-8-3-1-4-9-21/h1-17,19,27,29,33H,18,20H2,(H,32,34)(H,35,36)/t27-/m0/s1. The number of carbonyl (C=O) groups is 1. The molecule has 0 aliphatic carbocycles. The van der Waals surface area contributed by atoms with Crippen LogP contribution in [0.15, 0.2) is 114 Å². The molecule has 0 saturated heterocycles. The summed E-state index contributed by atoms with van der Waals surface area (Å²) < 4.78 is 70.0. The number of hydrogen-bond donors (Lipinski definition) is 3. The average Bonchev–Trinajstić information content (AvgIpc) is 2.94. The molecule has 1 amide bonds. The highest BCUT2D eigenvalue weighted by molar-refractivity contribution is 7.89. The van der Waals surface area contributed by atoms with Gasteiger partial charge in [-0.25, -0.2) is 13.0 Å². The molecule has 0 aliphatic rings. The lowest BCUT2D eigenvalue weighted by Crippen LogP contribution is -2.45. The molecule has 4 aromatic carbocycles. The first kappa shape index (κ1) is 30.1. The van der Waals surface area contributed by atoms with Crippen LogP contribution in [-0.2, 0) is 32.2 Å². The summed E-state index contributed by atoms with van der Waals surface area (Å²) in [5, 5.41) is 2.77. The maximum Gasteiger partial charge on any atom is 0.442 e. The van der Waals surface area contributed by atoms with Gasteiger partial charge in [0, 0.05) is 5.69 Å². The predicted molar refractivity (Wildman–Crippen MR) is 151 cm³/mol. The minimum absolute atomic E-state index is 0.0305. The molecule has 8 nitrogen and oxygen atoms in total. The van der Waals surface area contributed by atoms with E-state index in [4.69, 9.17) is 0 Å². The maximum absolute atomic E-state index is 13.4. The Morgan fingerprint density at radius 2 is 1.44 bits per heavy atom. The minimum Gasteiger partial charge on any atom is -0.421 e. The first-order chi connectivity index (χ1) is 19.5. The molecule has 2 atom stereocenters. The Balaban J connectivity index is 1.54. The van der Waals surface area contributed by atoms with E-state index in [2.05, 4.69) is 14.6 Å². The summed E-state index contributed by atoms with van der Waals surface area (Å²) in [6.07, 6.45) is -3.06. The van der Waals surface area contributed by atoms with Crippen LogP contribution in [-0.4, -0.2) is 31.4 Å². The lowest BCUT2D eigenvalue weighted by Gasteiger charge is -2.19. The number of benzene rings is 4. The van der Waals surface area contributed by atoms with E-state index in [0.29, 0.717) is 17.7 Å². The quantitative estimate of drug-likeness (QED) is 0.182.